The number of nitrogens with two attached hydrogens (primary N) is 1. The van der Waals surface area contributed by atoms with Crippen molar-refractivity contribution in [2.75, 3.05) is 10.5 Å². The number of nitrogens with zero attached hydrogens (tertiary/aromatic N) is 2. The van der Waals surface area contributed by atoms with Crippen LogP contribution in [0, 0.1) is 6.92 Å². The van der Waals surface area contributed by atoms with Crippen LogP contribution in [0.3, 0.4) is 0 Å². The van der Waals surface area contributed by atoms with E-state index in [2.05, 4.69) is 14.7 Å². The Morgan fingerprint density at radius 2 is 1.77 bits per heavy atom. The summed E-state index contributed by atoms with van der Waals surface area (Å²) in [5, 5.41) is 0.594. The van der Waals surface area contributed by atoms with Gasteiger partial charge >= 0.3 is 0 Å². The largest absolute Gasteiger partial charge is 0.439 e. The molecule has 150 valence electrons. The maximum atomic E-state index is 6.08. The lowest BCUT2D eigenvalue weighted by Gasteiger charge is -2.12. The molecule has 4 rings (SSSR count). The van der Waals surface area contributed by atoms with E-state index in [1.54, 1.807) is 12.1 Å². The van der Waals surface area contributed by atoms with Gasteiger partial charge in [0.1, 0.15) is 5.75 Å². The molecular formula is C23H19ClN4OS. The fraction of sp³-hybridized carbons (Fsp3) is 0.0435. The molecule has 0 radical (unpaired) electrons. The number of rotatable bonds is 6. The highest BCUT2D eigenvalue weighted by Crippen LogP contribution is 2.30. The van der Waals surface area contributed by atoms with Crippen LogP contribution < -0.4 is 15.2 Å². The minimum absolute atomic E-state index is 0.418. The van der Waals surface area contributed by atoms with Gasteiger partial charge in [-0.2, -0.15) is 4.98 Å². The molecule has 0 aliphatic heterocycles. The van der Waals surface area contributed by atoms with Crippen LogP contribution in [0.5, 0.6) is 11.6 Å². The van der Waals surface area contributed by atoms with Crippen LogP contribution in [0.2, 0.25) is 5.02 Å². The Hall–Kier alpha value is -3.22. The number of benzene rings is 3. The molecular weight excluding hydrogens is 416 g/mol. The Bertz CT molecular complexity index is 1190. The number of hydrogen-bond donors (Lipinski definition) is 2. The molecule has 0 spiro atoms. The highest BCUT2D eigenvalue weighted by Gasteiger charge is 2.11. The van der Waals surface area contributed by atoms with Crippen LogP contribution >= 0.6 is 23.5 Å². The molecule has 3 aromatic carbocycles. The van der Waals surface area contributed by atoms with Crippen molar-refractivity contribution in [2.24, 2.45) is 0 Å². The average Bonchev–Trinajstić information content (AvgIpc) is 2.72. The van der Waals surface area contributed by atoms with Gasteiger partial charge in [-0.1, -0.05) is 48.0 Å². The first kappa shape index (κ1) is 20.1. The van der Waals surface area contributed by atoms with E-state index >= 15 is 0 Å². The van der Waals surface area contributed by atoms with Crippen molar-refractivity contribution in [3.63, 3.8) is 0 Å². The smallest absolute Gasteiger partial charge is 0.237 e. The van der Waals surface area contributed by atoms with Crippen molar-refractivity contribution < 1.29 is 4.74 Å². The van der Waals surface area contributed by atoms with Gasteiger partial charge in [0.05, 0.1) is 5.69 Å². The van der Waals surface area contributed by atoms with Gasteiger partial charge in [0.25, 0.3) is 0 Å². The van der Waals surface area contributed by atoms with Crippen molar-refractivity contribution in [3.8, 4) is 22.9 Å². The molecule has 30 heavy (non-hydrogen) atoms. The second-order valence-electron chi connectivity index (χ2n) is 6.57. The summed E-state index contributed by atoms with van der Waals surface area (Å²) in [4.78, 5) is 10.1. The normalized spacial score (nSPS) is 10.6. The van der Waals surface area contributed by atoms with Crippen LogP contribution in [0.1, 0.15) is 5.56 Å². The minimum atomic E-state index is 0.418. The van der Waals surface area contributed by atoms with E-state index in [1.165, 1.54) is 11.9 Å². The molecule has 0 atom stereocenters. The van der Waals surface area contributed by atoms with Gasteiger partial charge in [0.2, 0.25) is 11.8 Å². The number of nitrogens with one attached hydrogen (secondary N) is 1. The van der Waals surface area contributed by atoms with E-state index in [1.807, 2.05) is 73.7 Å². The second kappa shape index (κ2) is 9.07. The molecule has 3 N–H and O–H groups in total. The third-order valence-electron chi connectivity index (χ3n) is 4.26. The molecule has 0 aliphatic rings. The lowest BCUT2D eigenvalue weighted by atomic mass is 10.1. The molecule has 7 heteroatoms. The molecule has 0 saturated carbocycles. The van der Waals surface area contributed by atoms with Gasteiger partial charge in [0, 0.05) is 27.2 Å². The Kier molecular flexibility index (Phi) is 6.07. The van der Waals surface area contributed by atoms with Crippen LogP contribution in [0.15, 0.2) is 83.8 Å². The van der Waals surface area contributed by atoms with E-state index in [0.29, 0.717) is 28.3 Å². The number of halogens is 1. The zero-order valence-corrected chi connectivity index (χ0v) is 17.7. The van der Waals surface area contributed by atoms with Crippen LogP contribution in [0.25, 0.3) is 11.3 Å². The zero-order valence-electron chi connectivity index (χ0n) is 16.2. The molecule has 0 aliphatic carbocycles. The number of anilines is 2. The quantitative estimate of drug-likeness (QED) is 0.263. The average molecular weight is 435 g/mol. The Balaban J connectivity index is 1.67. The Morgan fingerprint density at radius 1 is 0.933 bits per heavy atom. The predicted molar refractivity (Wildman–Crippen MR) is 124 cm³/mol. The number of aromatic nitrogens is 2. The van der Waals surface area contributed by atoms with Gasteiger partial charge < -0.3 is 10.5 Å². The first-order valence-corrected chi connectivity index (χ1v) is 10.4. The molecule has 0 amide bonds. The van der Waals surface area contributed by atoms with Gasteiger partial charge in [-0.15, -0.1) is 0 Å². The van der Waals surface area contributed by atoms with Crippen molar-refractivity contribution in [1.29, 1.82) is 0 Å². The van der Waals surface area contributed by atoms with Crippen LogP contribution in [-0.2, 0) is 0 Å². The van der Waals surface area contributed by atoms with Crippen LogP contribution in [-0.4, -0.2) is 9.97 Å². The molecule has 1 heterocycles. The van der Waals surface area contributed by atoms with Gasteiger partial charge in [-0.3, -0.25) is 4.72 Å². The summed E-state index contributed by atoms with van der Waals surface area (Å²) in [6.45, 7) is 2.05. The van der Waals surface area contributed by atoms with E-state index in [0.717, 1.165) is 21.7 Å². The summed E-state index contributed by atoms with van der Waals surface area (Å²) in [6, 6.07) is 24.6. The molecule has 0 fully saturated rings. The molecule has 0 bridgehead atoms. The van der Waals surface area contributed by atoms with Crippen molar-refractivity contribution in [1.82, 2.24) is 9.97 Å². The zero-order chi connectivity index (χ0) is 20.9. The molecule has 0 unspecified atom stereocenters. The summed E-state index contributed by atoms with van der Waals surface area (Å²) in [6.07, 6.45) is 0. The lowest BCUT2D eigenvalue weighted by Crippen LogP contribution is -2.00. The molecule has 1 aromatic heterocycles. The summed E-state index contributed by atoms with van der Waals surface area (Å²) in [5.41, 5.74) is 9.44. The maximum absolute atomic E-state index is 6.08. The van der Waals surface area contributed by atoms with E-state index in [-0.39, 0.29) is 0 Å². The van der Waals surface area contributed by atoms with E-state index in [9.17, 15) is 0 Å². The fourth-order valence-corrected chi connectivity index (χ4v) is 3.68. The third kappa shape index (κ3) is 5.03. The number of aryl methyl sites for hydroxylation is 1. The predicted octanol–water partition coefficient (Wildman–Crippen LogP) is 6.60. The number of hydrogen-bond acceptors (Lipinski definition) is 6. The molecule has 5 nitrogen and oxygen atoms in total. The summed E-state index contributed by atoms with van der Waals surface area (Å²) < 4.78 is 9.16. The monoisotopic (exact) mass is 434 g/mol. The summed E-state index contributed by atoms with van der Waals surface area (Å²) in [5.74, 6) is 1.45. The first-order chi connectivity index (χ1) is 14.6. The standard InChI is InChI=1S/C23H19ClN4OS/c1-15-6-2-3-11-20(15)21-14-22(29-18-9-4-7-16(24)12-18)27-23(26-21)28-30-19-10-5-8-17(25)13-19/h2-14H,25H2,1H3,(H,26,27,28). The van der Waals surface area contributed by atoms with Crippen molar-refractivity contribution in [3.05, 3.63) is 89.4 Å². The lowest BCUT2D eigenvalue weighted by molar-refractivity contribution is 0.463. The van der Waals surface area contributed by atoms with E-state index < -0.39 is 0 Å². The van der Waals surface area contributed by atoms with E-state index in [4.69, 9.17) is 22.1 Å². The molecule has 4 aromatic rings. The molecule has 0 saturated heterocycles. The van der Waals surface area contributed by atoms with Gasteiger partial charge in [0.15, 0.2) is 0 Å². The van der Waals surface area contributed by atoms with Crippen LogP contribution in [0.4, 0.5) is 11.6 Å². The third-order valence-corrected chi connectivity index (χ3v) is 5.27. The fourth-order valence-electron chi connectivity index (χ4n) is 2.86. The first-order valence-electron chi connectivity index (χ1n) is 9.24. The number of nitrogen functional groups attached to an aromatic ring is 1. The highest BCUT2D eigenvalue weighted by atomic mass is 35.5. The second-order valence-corrected chi connectivity index (χ2v) is 7.88. The maximum Gasteiger partial charge on any atom is 0.237 e. The Morgan fingerprint density at radius 3 is 2.57 bits per heavy atom. The SMILES string of the molecule is Cc1ccccc1-c1cc(Oc2cccc(Cl)c2)nc(NSc2cccc(N)c2)n1. The van der Waals surface area contributed by atoms with Gasteiger partial charge in [-0.25, -0.2) is 4.98 Å². The summed E-state index contributed by atoms with van der Waals surface area (Å²) in [7, 11) is 0. The summed E-state index contributed by atoms with van der Waals surface area (Å²) >= 11 is 7.46. The highest BCUT2D eigenvalue weighted by molar-refractivity contribution is 8.00. The Labute approximate surface area is 184 Å². The minimum Gasteiger partial charge on any atom is -0.439 e. The van der Waals surface area contributed by atoms with Gasteiger partial charge in [-0.05, 0) is 60.8 Å². The topological polar surface area (TPSA) is 73.1 Å². The van der Waals surface area contributed by atoms with Crippen molar-refractivity contribution in [2.45, 2.75) is 11.8 Å². The number of ether oxygens (including phenoxy) is 1. The van der Waals surface area contributed by atoms with Crippen molar-refractivity contribution >= 4 is 35.2 Å².